The molecule has 3 heteroatoms. The van der Waals surface area contributed by atoms with Crippen molar-refractivity contribution in [2.24, 2.45) is 0 Å². The molecule has 0 fully saturated rings. The zero-order valence-electron chi connectivity index (χ0n) is 12.4. The van der Waals surface area contributed by atoms with E-state index in [1.165, 1.54) is 18.4 Å². The number of unbranched alkanes of at least 4 members (excludes halogenated alkanes) is 1. The van der Waals surface area contributed by atoms with Crippen molar-refractivity contribution < 1.29 is 4.79 Å². The third kappa shape index (κ3) is 4.63. The molecule has 1 amide bonds. The first kappa shape index (κ1) is 15.1. The average Bonchev–Trinajstić information content (AvgIpc) is 2.49. The molecule has 0 aliphatic rings. The minimum atomic E-state index is -0.0470. The smallest absolute Gasteiger partial charge is 0.228 e. The van der Waals surface area contributed by atoms with E-state index >= 15 is 0 Å². The van der Waals surface area contributed by atoms with E-state index in [1.54, 1.807) is 12.1 Å². The lowest BCUT2D eigenvalue weighted by Gasteiger charge is -2.08. The predicted molar refractivity (Wildman–Crippen MR) is 88.2 cm³/mol. The van der Waals surface area contributed by atoms with Crippen LogP contribution >= 0.6 is 0 Å². The van der Waals surface area contributed by atoms with Gasteiger partial charge in [-0.1, -0.05) is 49.7 Å². The predicted octanol–water partition coefficient (Wildman–Crippen LogP) is 3.79. The monoisotopic (exact) mass is 282 g/mol. The van der Waals surface area contributed by atoms with Crippen molar-refractivity contribution in [1.29, 1.82) is 0 Å². The highest BCUT2D eigenvalue weighted by molar-refractivity contribution is 5.95. The molecule has 0 aliphatic heterocycles. The molecular weight excluding hydrogens is 260 g/mol. The summed E-state index contributed by atoms with van der Waals surface area (Å²) in [5.74, 6) is -0.0470. The van der Waals surface area contributed by atoms with Crippen LogP contribution in [0.25, 0.3) is 0 Å². The molecule has 0 heterocycles. The number of nitrogen functional groups attached to an aromatic ring is 1. The molecular formula is C18H22N2O. The van der Waals surface area contributed by atoms with Gasteiger partial charge in [-0.15, -0.1) is 0 Å². The molecule has 0 spiro atoms. The van der Waals surface area contributed by atoms with Crippen LogP contribution in [0.15, 0.2) is 48.5 Å². The molecule has 0 aliphatic carbocycles. The SMILES string of the molecule is CCCCc1ccc(CC(=O)Nc2ccccc2N)cc1. The molecule has 2 aromatic carbocycles. The Labute approximate surface area is 126 Å². The van der Waals surface area contributed by atoms with Crippen LogP contribution in [0.1, 0.15) is 30.9 Å². The molecule has 0 saturated heterocycles. The zero-order valence-corrected chi connectivity index (χ0v) is 12.4. The summed E-state index contributed by atoms with van der Waals surface area (Å²) in [4.78, 5) is 12.0. The summed E-state index contributed by atoms with van der Waals surface area (Å²) in [6.07, 6.45) is 3.86. The molecule has 0 aromatic heterocycles. The number of nitrogens with two attached hydrogens (primary N) is 1. The summed E-state index contributed by atoms with van der Waals surface area (Å²) >= 11 is 0. The first-order valence-corrected chi connectivity index (χ1v) is 7.41. The number of anilines is 2. The summed E-state index contributed by atoms with van der Waals surface area (Å²) < 4.78 is 0. The van der Waals surface area contributed by atoms with Crippen LogP contribution in [0.4, 0.5) is 11.4 Å². The van der Waals surface area contributed by atoms with Gasteiger partial charge < -0.3 is 11.1 Å². The maximum absolute atomic E-state index is 12.0. The van der Waals surface area contributed by atoms with E-state index in [1.807, 2.05) is 24.3 Å². The number of aryl methyl sites for hydroxylation is 1. The molecule has 0 atom stereocenters. The maximum Gasteiger partial charge on any atom is 0.228 e. The molecule has 21 heavy (non-hydrogen) atoms. The third-order valence-corrected chi connectivity index (χ3v) is 3.44. The summed E-state index contributed by atoms with van der Waals surface area (Å²) in [6, 6.07) is 15.6. The lowest BCUT2D eigenvalue weighted by molar-refractivity contribution is -0.115. The largest absolute Gasteiger partial charge is 0.397 e. The van der Waals surface area contributed by atoms with Crippen LogP contribution in [-0.2, 0) is 17.6 Å². The van der Waals surface area contributed by atoms with E-state index in [4.69, 9.17) is 5.73 Å². The van der Waals surface area contributed by atoms with E-state index < -0.39 is 0 Å². The molecule has 0 saturated carbocycles. The number of benzene rings is 2. The molecule has 0 radical (unpaired) electrons. The summed E-state index contributed by atoms with van der Waals surface area (Å²) in [5, 5.41) is 2.84. The summed E-state index contributed by atoms with van der Waals surface area (Å²) in [7, 11) is 0. The number of carbonyl (C=O) groups excluding carboxylic acids is 1. The fourth-order valence-corrected chi connectivity index (χ4v) is 2.20. The van der Waals surface area contributed by atoms with E-state index in [-0.39, 0.29) is 5.91 Å². The molecule has 3 N–H and O–H groups in total. The van der Waals surface area contributed by atoms with Crippen molar-refractivity contribution in [1.82, 2.24) is 0 Å². The molecule has 2 aromatic rings. The fourth-order valence-electron chi connectivity index (χ4n) is 2.20. The maximum atomic E-state index is 12.0. The van der Waals surface area contributed by atoms with Crippen molar-refractivity contribution >= 4 is 17.3 Å². The Kier molecular flexibility index (Phi) is 5.38. The second-order valence-corrected chi connectivity index (χ2v) is 5.23. The Morgan fingerprint density at radius 2 is 1.71 bits per heavy atom. The van der Waals surface area contributed by atoms with Crippen LogP contribution in [0.3, 0.4) is 0 Å². The first-order valence-electron chi connectivity index (χ1n) is 7.41. The van der Waals surface area contributed by atoms with E-state index in [2.05, 4.69) is 24.4 Å². The highest BCUT2D eigenvalue weighted by atomic mass is 16.1. The van der Waals surface area contributed by atoms with Crippen molar-refractivity contribution in [3.05, 3.63) is 59.7 Å². The minimum absolute atomic E-state index is 0.0470. The van der Waals surface area contributed by atoms with E-state index in [0.717, 1.165) is 12.0 Å². The first-order chi connectivity index (χ1) is 10.2. The lowest BCUT2D eigenvalue weighted by Crippen LogP contribution is -2.15. The summed E-state index contributed by atoms with van der Waals surface area (Å²) in [5.41, 5.74) is 9.41. The molecule has 3 nitrogen and oxygen atoms in total. The number of carbonyl (C=O) groups is 1. The van der Waals surface area contributed by atoms with Crippen LogP contribution in [0.2, 0.25) is 0 Å². The van der Waals surface area contributed by atoms with Gasteiger partial charge in [0.1, 0.15) is 0 Å². The van der Waals surface area contributed by atoms with Gasteiger partial charge in [0.25, 0.3) is 0 Å². The number of nitrogens with one attached hydrogen (secondary N) is 1. The van der Waals surface area contributed by atoms with Crippen molar-refractivity contribution in [2.45, 2.75) is 32.6 Å². The van der Waals surface area contributed by atoms with Gasteiger partial charge >= 0.3 is 0 Å². The van der Waals surface area contributed by atoms with Crippen LogP contribution < -0.4 is 11.1 Å². The van der Waals surface area contributed by atoms with E-state index in [9.17, 15) is 4.79 Å². The topological polar surface area (TPSA) is 55.1 Å². The second kappa shape index (κ2) is 7.48. The van der Waals surface area contributed by atoms with Gasteiger partial charge in [-0.25, -0.2) is 0 Å². The Balaban J connectivity index is 1.92. The van der Waals surface area contributed by atoms with Gasteiger partial charge in [0.15, 0.2) is 0 Å². The number of hydrogen-bond acceptors (Lipinski definition) is 2. The van der Waals surface area contributed by atoms with Gasteiger partial charge in [0.05, 0.1) is 17.8 Å². The van der Waals surface area contributed by atoms with Gasteiger partial charge in [-0.05, 0) is 36.1 Å². The zero-order chi connectivity index (χ0) is 15.1. The van der Waals surface area contributed by atoms with Gasteiger partial charge in [-0.3, -0.25) is 4.79 Å². The Morgan fingerprint density at radius 3 is 2.38 bits per heavy atom. The van der Waals surface area contributed by atoms with Crippen molar-refractivity contribution in [2.75, 3.05) is 11.1 Å². The molecule has 0 unspecified atom stereocenters. The number of hydrogen-bond donors (Lipinski definition) is 2. The average molecular weight is 282 g/mol. The van der Waals surface area contributed by atoms with Crippen LogP contribution in [0, 0.1) is 0 Å². The highest BCUT2D eigenvalue weighted by Crippen LogP contribution is 2.17. The van der Waals surface area contributed by atoms with Crippen LogP contribution in [0.5, 0.6) is 0 Å². The number of para-hydroxylation sites is 2. The fraction of sp³-hybridized carbons (Fsp3) is 0.278. The van der Waals surface area contributed by atoms with Crippen molar-refractivity contribution in [3.63, 3.8) is 0 Å². The lowest BCUT2D eigenvalue weighted by atomic mass is 10.0. The number of rotatable bonds is 6. The molecule has 0 bridgehead atoms. The standard InChI is InChI=1S/C18H22N2O/c1-2-3-6-14-9-11-15(12-10-14)13-18(21)20-17-8-5-4-7-16(17)19/h4-5,7-12H,2-3,6,13,19H2,1H3,(H,20,21). The van der Waals surface area contributed by atoms with Gasteiger partial charge in [0.2, 0.25) is 5.91 Å². The molecule has 2 rings (SSSR count). The summed E-state index contributed by atoms with van der Waals surface area (Å²) in [6.45, 7) is 2.19. The number of amides is 1. The van der Waals surface area contributed by atoms with Crippen molar-refractivity contribution in [3.8, 4) is 0 Å². The van der Waals surface area contributed by atoms with E-state index in [0.29, 0.717) is 17.8 Å². The third-order valence-electron chi connectivity index (χ3n) is 3.44. The minimum Gasteiger partial charge on any atom is -0.397 e. The second-order valence-electron chi connectivity index (χ2n) is 5.23. The molecule has 110 valence electrons. The normalized spacial score (nSPS) is 10.3. The quantitative estimate of drug-likeness (QED) is 0.792. The van der Waals surface area contributed by atoms with Crippen LogP contribution in [-0.4, -0.2) is 5.91 Å². The van der Waals surface area contributed by atoms with Gasteiger partial charge in [-0.2, -0.15) is 0 Å². The Morgan fingerprint density at radius 1 is 1.05 bits per heavy atom. The highest BCUT2D eigenvalue weighted by Gasteiger charge is 2.06. The Bertz CT molecular complexity index is 590. The Hall–Kier alpha value is -2.29. The van der Waals surface area contributed by atoms with Gasteiger partial charge in [0, 0.05) is 0 Å².